The standard InChI is InChI=1S/C28H35N3O5/c1-19(2)18-36-22-7-8-23(20(3)16-22)26(32)24-25(21-6-4-9-29-17-21)31(28(34)27(24)33)11-5-10-30-12-14-35-15-13-30/h4,6-9,16-17,19,25,32H,5,10-15,18H2,1-3H3/p+1. The Morgan fingerprint density at radius 2 is 2.03 bits per heavy atom. The molecule has 2 aliphatic heterocycles. The average molecular weight is 495 g/mol. The second-order valence-corrected chi connectivity index (χ2v) is 9.93. The van der Waals surface area contributed by atoms with Crippen LogP contribution in [0.2, 0.25) is 0 Å². The summed E-state index contributed by atoms with van der Waals surface area (Å²) < 4.78 is 11.2. The molecule has 2 saturated heterocycles. The van der Waals surface area contributed by atoms with Crippen LogP contribution in [0.3, 0.4) is 0 Å². The van der Waals surface area contributed by atoms with Crippen molar-refractivity contribution in [1.29, 1.82) is 0 Å². The molecule has 0 aliphatic carbocycles. The summed E-state index contributed by atoms with van der Waals surface area (Å²) in [6, 6.07) is 8.31. The molecule has 2 fully saturated rings. The third-order valence-electron chi connectivity index (χ3n) is 6.71. The largest absolute Gasteiger partial charge is 0.507 e. The lowest BCUT2D eigenvalue weighted by Gasteiger charge is -2.27. The first-order valence-corrected chi connectivity index (χ1v) is 12.7. The molecule has 36 heavy (non-hydrogen) atoms. The number of likely N-dealkylation sites (tertiary alicyclic amines) is 1. The zero-order valence-corrected chi connectivity index (χ0v) is 21.3. The highest BCUT2D eigenvalue weighted by atomic mass is 16.5. The van der Waals surface area contributed by atoms with Gasteiger partial charge in [-0.15, -0.1) is 0 Å². The van der Waals surface area contributed by atoms with Crippen molar-refractivity contribution in [1.82, 2.24) is 9.88 Å². The number of pyridine rings is 1. The zero-order valence-electron chi connectivity index (χ0n) is 21.3. The van der Waals surface area contributed by atoms with Gasteiger partial charge in [-0.2, -0.15) is 0 Å². The van der Waals surface area contributed by atoms with Gasteiger partial charge in [-0.25, -0.2) is 0 Å². The summed E-state index contributed by atoms with van der Waals surface area (Å²) in [4.78, 5) is 33.7. The van der Waals surface area contributed by atoms with Gasteiger partial charge in [0, 0.05) is 30.9 Å². The molecule has 1 atom stereocenters. The minimum atomic E-state index is -0.686. The maximum Gasteiger partial charge on any atom is 0.295 e. The van der Waals surface area contributed by atoms with Crippen molar-refractivity contribution in [2.75, 3.05) is 46.0 Å². The van der Waals surface area contributed by atoms with E-state index in [9.17, 15) is 14.7 Å². The smallest absolute Gasteiger partial charge is 0.295 e. The summed E-state index contributed by atoms with van der Waals surface area (Å²) in [6.07, 6.45) is 4.05. The molecule has 2 aromatic rings. The molecule has 1 aromatic heterocycles. The minimum absolute atomic E-state index is 0.102. The van der Waals surface area contributed by atoms with Gasteiger partial charge in [0.1, 0.15) is 24.6 Å². The number of aromatic nitrogens is 1. The Balaban J connectivity index is 1.63. The molecular weight excluding hydrogens is 458 g/mol. The van der Waals surface area contributed by atoms with Crippen LogP contribution in [0.5, 0.6) is 5.75 Å². The fourth-order valence-corrected chi connectivity index (χ4v) is 4.80. The van der Waals surface area contributed by atoms with E-state index in [1.807, 2.05) is 19.1 Å². The first-order valence-electron chi connectivity index (χ1n) is 12.7. The van der Waals surface area contributed by atoms with Gasteiger partial charge in [0.15, 0.2) is 0 Å². The molecule has 0 bridgehead atoms. The number of carbonyl (C=O) groups is 2. The third kappa shape index (κ3) is 5.77. The molecule has 2 aliphatic rings. The van der Waals surface area contributed by atoms with E-state index >= 15 is 0 Å². The Hall–Kier alpha value is -3.23. The van der Waals surface area contributed by atoms with E-state index in [1.165, 1.54) is 4.90 Å². The molecule has 3 heterocycles. The molecule has 1 amide bonds. The lowest BCUT2D eigenvalue weighted by Crippen LogP contribution is -3.14. The number of Topliss-reactive ketones (excluding diaryl/α,β-unsaturated/α-hetero) is 1. The van der Waals surface area contributed by atoms with E-state index in [1.54, 1.807) is 35.5 Å². The summed E-state index contributed by atoms with van der Waals surface area (Å²) in [7, 11) is 0. The van der Waals surface area contributed by atoms with Crippen LogP contribution in [-0.2, 0) is 14.3 Å². The lowest BCUT2D eigenvalue weighted by molar-refractivity contribution is -0.908. The molecule has 0 saturated carbocycles. The number of nitrogens with one attached hydrogen (secondary N) is 1. The van der Waals surface area contributed by atoms with Crippen LogP contribution in [0.4, 0.5) is 0 Å². The number of hydrogen-bond donors (Lipinski definition) is 2. The van der Waals surface area contributed by atoms with Crippen molar-refractivity contribution in [2.45, 2.75) is 33.2 Å². The minimum Gasteiger partial charge on any atom is -0.507 e. The number of ketones is 1. The van der Waals surface area contributed by atoms with Gasteiger partial charge >= 0.3 is 0 Å². The Bertz CT molecular complexity index is 1110. The quantitative estimate of drug-likeness (QED) is 0.315. The summed E-state index contributed by atoms with van der Waals surface area (Å²) in [5.41, 5.74) is 2.08. The summed E-state index contributed by atoms with van der Waals surface area (Å²) in [5, 5.41) is 11.4. The van der Waals surface area contributed by atoms with E-state index < -0.39 is 17.7 Å². The molecule has 2 N–H and O–H groups in total. The number of aliphatic hydroxyl groups is 1. The topological polar surface area (TPSA) is 93.4 Å². The first kappa shape index (κ1) is 25.9. The molecule has 192 valence electrons. The first-order chi connectivity index (χ1) is 17.4. The second-order valence-electron chi connectivity index (χ2n) is 9.93. The fourth-order valence-electron chi connectivity index (χ4n) is 4.80. The van der Waals surface area contributed by atoms with Crippen LogP contribution in [-0.4, -0.2) is 72.7 Å². The van der Waals surface area contributed by atoms with Gasteiger partial charge < -0.3 is 24.4 Å². The number of nitrogens with zero attached hydrogens (tertiary/aromatic N) is 2. The number of aryl methyl sites for hydroxylation is 1. The van der Waals surface area contributed by atoms with E-state index in [0.29, 0.717) is 35.9 Å². The van der Waals surface area contributed by atoms with Crippen molar-refractivity contribution in [3.05, 3.63) is 65.0 Å². The van der Waals surface area contributed by atoms with Crippen molar-refractivity contribution in [3.63, 3.8) is 0 Å². The number of carbonyl (C=O) groups excluding carboxylic acids is 2. The van der Waals surface area contributed by atoms with E-state index in [0.717, 1.165) is 44.8 Å². The number of aliphatic hydroxyl groups excluding tert-OH is 1. The zero-order chi connectivity index (χ0) is 25.7. The van der Waals surface area contributed by atoms with Crippen LogP contribution >= 0.6 is 0 Å². The third-order valence-corrected chi connectivity index (χ3v) is 6.71. The Kier molecular flexibility index (Phi) is 8.38. The van der Waals surface area contributed by atoms with Crippen molar-refractivity contribution >= 4 is 17.4 Å². The summed E-state index contributed by atoms with van der Waals surface area (Å²) in [6.45, 7) is 11.3. The van der Waals surface area contributed by atoms with Crippen LogP contribution < -0.4 is 9.64 Å². The monoisotopic (exact) mass is 494 g/mol. The average Bonchev–Trinajstić information content (AvgIpc) is 3.13. The molecule has 0 spiro atoms. The van der Waals surface area contributed by atoms with Gasteiger partial charge in [-0.1, -0.05) is 19.9 Å². The van der Waals surface area contributed by atoms with E-state index in [4.69, 9.17) is 9.47 Å². The maximum absolute atomic E-state index is 13.3. The highest BCUT2D eigenvalue weighted by Crippen LogP contribution is 2.39. The van der Waals surface area contributed by atoms with Crippen molar-refractivity contribution < 1.29 is 29.1 Å². The molecule has 1 aromatic carbocycles. The number of ether oxygens (including phenoxy) is 2. The fraction of sp³-hybridized carbons (Fsp3) is 0.464. The van der Waals surface area contributed by atoms with E-state index in [2.05, 4.69) is 18.8 Å². The van der Waals surface area contributed by atoms with Gasteiger partial charge in [-0.3, -0.25) is 14.6 Å². The van der Waals surface area contributed by atoms with Crippen LogP contribution in [0.25, 0.3) is 5.76 Å². The van der Waals surface area contributed by atoms with Gasteiger partial charge in [-0.05, 0) is 48.2 Å². The lowest BCUT2D eigenvalue weighted by atomic mass is 9.94. The second kappa shape index (κ2) is 11.7. The van der Waals surface area contributed by atoms with Crippen LogP contribution in [0.1, 0.15) is 43.0 Å². The predicted molar refractivity (Wildman–Crippen MR) is 136 cm³/mol. The number of morpholine rings is 1. The van der Waals surface area contributed by atoms with Crippen LogP contribution in [0, 0.1) is 12.8 Å². The number of quaternary nitrogens is 1. The van der Waals surface area contributed by atoms with Gasteiger partial charge in [0.05, 0.1) is 38.0 Å². The SMILES string of the molecule is Cc1cc(OCC(C)C)ccc1C(O)=C1C(=O)C(=O)N(CCC[NH+]2CCOCC2)C1c1cccnc1. The maximum atomic E-state index is 13.3. The van der Waals surface area contributed by atoms with Crippen molar-refractivity contribution in [3.8, 4) is 5.75 Å². The summed E-state index contributed by atoms with van der Waals surface area (Å²) in [5.74, 6) is -0.334. The van der Waals surface area contributed by atoms with Crippen molar-refractivity contribution in [2.24, 2.45) is 5.92 Å². The highest BCUT2D eigenvalue weighted by molar-refractivity contribution is 6.46. The van der Waals surface area contributed by atoms with E-state index in [-0.39, 0.29) is 11.3 Å². The molecule has 8 heteroatoms. The van der Waals surface area contributed by atoms with Gasteiger partial charge in [0.25, 0.3) is 11.7 Å². The highest BCUT2D eigenvalue weighted by Gasteiger charge is 2.46. The Morgan fingerprint density at radius 3 is 2.69 bits per heavy atom. The molecule has 1 unspecified atom stereocenters. The molecular formula is C28H36N3O5+. The molecule has 8 nitrogen and oxygen atoms in total. The Labute approximate surface area is 212 Å². The number of amides is 1. The number of hydrogen-bond acceptors (Lipinski definition) is 6. The number of rotatable bonds is 9. The Morgan fingerprint density at radius 1 is 1.25 bits per heavy atom. The molecule has 0 radical (unpaired) electrons. The number of benzene rings is 1. The predicted octanol–water partition coefficient (Wildman–Crippen LogP) is 2.15. The normalized spacial score (nSPS) is 20.3. The summed E-state index contributed by atoms with van der Waals surface area (Å²) >= 11 is 0. The van der Waals surface area contributed by atoms with Crippen LogP contribution in [0.15, 0.2) is 48.3 Å². The van der Waals surface area contributed by atoms with Gasteiger partial charge in [0.2, 0.25) is 0 Å². The molecule has 4 rings (SSSR count).